The first-order valence-electron chi connectivity index (χ1n) is 19.1. The van der Waals surface area contributed by atoms with Crippen molar-refractivity contribution >= 4 is 31.7 Å². The number of hydrogen-bond donors (Lipinski definition) is 0. The molecule has 2 unspecified atom stereocenters. The third-order valence-electron chi connectivity index (χ3n) is 11.2. The first-order chi connectivity index (χ1) is 21.5. The van der Waals surface area contributed by atoms with Gasteiger partial charge in [0.2, 0.25) is 0 Å². The third-order valence-corrected chi connectivity index (χ3v) is 18.7. The number of hydrogen-bond acceptors (Lipinski definition) is 0. The van der Waals surface area contributed by atoms with Crippen molar-refractivity contribution in [2.24, 2.45) is 5.92 Å². The van der Waals surface area contributed by atoms with Crippen LogP contribution in [0.25, 0.3) is 0 Å². The summed E-state index contributed by atoms with van der Waals surface area (Å²) in [7, 11) is -3.67. The molecule has 0 bridgehead atoms. The number of benzene rings is 2. The highest BCUT2D eigenvalue weighted by molar-refractivity contribution is 7.08. The van der Waals surface area contributed by atoms with Gasteiger partial charge in [0.15, 0.2) is 0 Å². The SMILES string of the molecule is CCCCCCCCCCCCCCCCCC[Si](C1=C(C)C(C)=C(C)C1C)(c1ccccc1)c1cc(C)cc([Si](C)(C)C)c1. The highest BCUT2D eigenvalue weighted by Gasteiger charge is 2.46. The second-order valence-corrected chi connectivity index (χ2v) is 24.8. The molecule has 0 fully saturated rings. The molecular weight excluding hydrogens is 573 g/mol. The molecule has 0 saturated heterocycles. The van der Waals surface area contributed by atoms with Gasteiger partial charge < -0.3 is 0 Å². The minimum Gasteiger partial charge on any atom is -0.0656 e. The van der Waals surface area contributed by atoms with Gasteiger partial charge in [0, 0.05) is 0 Å². The van der Waals surface area contributed by atoms with Gasteiger partial charge in [0.1, 0.15) is 8.07 Å². The van der Waals surface area contributed by atoms with E-state index < -0.39 is 16.1 Å². The van der Waals surface area contributed by atoms with Crippen molar-refractivity contribution < 1.29 is 0 Å². The zero-order chi connectivity index (χ0) is 32.9. The zero-order valence-electron chi connectivity index (χ0n) is 31.2. The zero-order valence-corrected chi connectivity index (χ0v) is 33.2. The van der Waals surface area contributed by atoms with Gasteiger partial charge in [0.05, 0.1) is 8.07 Å². The van der Waals surface area contributed by atoms with Crippen LogP contribution in [0, 0.1) is 12.8 Å². The second kappa shape index (κ2) is 18.6. The summed E-state index contributed by atoms with van der Waals surface area (Å²) in [5, 5.41) is 6.73. The Morgan fingerprint density at radius 1 is 0.533 bits per heavy atom. The van der Waals surface area contributed by atoms with E-state index in [1.807, 2.05) is 0 Å². The average molecular weight is 643 g/mol. The van der Waals surface area contributed by atoms with E-state index in [0.717, 1.165) is 0 Å². The Hall–Kier alpha value is -1.65. The van der Waals surface area contributed by atoms with E-state index in [0.29, 0.717) is 5.92 Å². The molecule has 0 radical (unpaired) electrons. The van der Waals surface area contributed by atoms with Crippen molar-refractivity contribution in [3.63, 3.8) is 0 Å². The predicted molar refractivity (Wildman–Crippen MR) is 210 cm³/mol. The summed E-state index contributed by atoms with van der Waals surface area (Å²) in [6, 6.07) is 21.0. The molecule has 0 amide bonds. The van der Waals surface area contributed by atoms with Crippen LogP contribution in [0.15, 0.2) is 70.4 Å². The molecule has 1 aliphatic carbocycles. The largest absolute Gasteiger partial charge is 0.145 e. The van der Waals surface area contributed by atoms with Gasteiger partial charge in [-0.25, -0.2) is 0 Å². The minimum absolute atomic E-state index is 0.536. The molecule has 0 aromatic heterocycles. The molecule has 250 valence electrons. The Labute approximate surface area is 282 Å². The van der Waals surface area contributed by atoms with Crippen molar-refractivity contribution in [2.45, 2.75) is 170 Å². The summed E-state index contributed by atoms with van der Waals surface area (Å²) in [6.07, 6.45) is 22.8. The monoisotopic (exact) mass is 643 g/mol. The number of rotatable bonds is 21. The van der Waals surface area contributed by atoms with E-state index in [4.69, 9.17) is 0 Å². The van der Waals surface area contributed by atoms with Crippen LogP contribution in [0.3, 0.4) is 0 Å². The average Bonchev–Trinajstić information content (AvgIpc) is 3.21. The Balaban J connectivity index is 1.69. The second-order valence-electron chi connectivity index (χ2n) is 15.7. The Kier molecular flexibility index (Phi) is 15.7. The van der Waals surface area contributed by atoms with E-state index in [1.54, 1.807) is 37.5 Å². The standard InChI is InChI=1S/C43H70Si2/c1-10-11-12-13-14-15-16-17-18-19-20-21-22-23-24-28-31-45(40-29-26-25-27-30-40,43-38(5)36(3)37(4)39(43)6)42-33-35(2)32-41(34-42)44(7,8)9/h25-27,29-30,32-34,38H,10-24,28,31H2,1-9H3. The molecule has 45 heavy (non-hydrogen) atoms. The molecule has 2 heteroatoms. The third kappa shape index (κ3) is 10.4. The Morgan fingerprint density at radius 2 is 1.00 bits per heavy atom. The van der Waals surface area contributed by atoms with E-state index in [-0.39, 0.29) is 0 Å². The lowest BCUT2D eigenvalue weighted by Gasteiger charge is -2.39. The summed E-state index contributed by atoms with van der Waals surface area (Å²) in [5.41, 5.74) is 6.20. The summed E-state index contributed by atoms with van der Waals surface area (Å²) >= 11 is 0. The Morgan fingerprint density at radius 3 is 1.44 bits per heavy atom. The molecule has 0 nitrogen and oxygen atoms in total. The molecule has 0 spiro atoms. The van der Waals surface area contributed by atoms with Crippen LogP contribution in [0.1, 0.15) is 143 Å². The molecule has 3 rings (SSSR count). The molecule has 0 saturated carbocycles. The molecule has 0 aliphatic heterocycles. The topological polar surface area (TPSA) is 0 Å². The van der Waals surface area contributed by atoms with Crippen LogP contribution >= 0.6 is 0 Å². The lowest BCUT2D eigenvalue weighted by atomic mass is 10.0. The number of allylic oxidation sites excluding steroid dienone is 4. The molecule has 2 aromatic rings. The number of aryl methyl sites for hydroxylation is 1. The fourth-order valence-corrected chi connectivity index (χ4v) is 15.5. The van der Waals surface area contributed by atoms with Crippen molar-refractivity contribution in [1.29, 1.82) is 0 Å². The smallest absolute Gasteiger partial charge is 0.0656 e. The van der Waals surface area contributed by atoms with Crippen LogP contribution in [0.5, 0.6) is 0 Å². The maximum Gasteiger partial charge on any atom is 0.145 e. The van der Waals surface area contributed by atoms with Crippen LogP contribution in [0.4, 0.5) is 0 Å². The van der Waals surface area contributed by atoms with Gasteiger partial charge in [-0.15, -0.1) is 0 Å². The maximum atomic E-state index is 2.70. The molecule has 2 aromatic carbocycles. The predicted octanol–water partition coefficient (Wildman–Crippen LogP) is 12.2. The van der Waals surface area contributed by atoms with Crippen LogP contribution in [-0.2, 0) is 0 Å². The maximum absolute atomic E-state index is 2.70. The van der Waals surface area contributed by atoms with Crippen molar-refractivity contribution in [3.05, 3.63) is 76.0 Å². The van der Waals surface area contributed by atoms with Crippen molar-refractivity contribution in [3.8, 4) is 0 Å². The van der Waals surface area contributed by atoms with Crippen LogP contribution in [0.2, 0.25) is 25.7 Å². The fourth-order valence-electron chi connectivity index (χ4n) is 8.08. The van der Waals surface area contributed by atoms with Crippen molar-refractivity contribution in [1.82, 2.24) is 0 Å². The van der Waals surface area contributed by atoms with Gasteiger partial charge in [-0.1, -0.05) is 212 Å². The quantitative estimate of drug-likeness (QED) is 0.0938. The summed E-state index contributed by atoms with van der Waals surface area (Å²) < 4.78 is 0. The summed E-state index contributed by atoms with van der Waals surface area (Å²) in [5.74, 6) is 0.536. The normalized spacial score (nSPS) is 17.0. The van der Waals surface area contributed by atoms with Gasteiger partial charge in [-0.05, 0) is 55.6 Å². The van der Waals surface area contributed by atoms with Crippen LogP contribution < -0.4 is 15.6 Å². The first kappa shape index (κ1) is 37.8. The van der Waals surface area contributed by atoms with Gasteiger partial charge >= 0.3 is 0 Å². The highest BCUT2D eigenvalue weighted by Crippen LogP contribution is 2.43. The summed E-state index contributed by atoms with van der Waals surface area (Å²) in [4.78, 5) is 0. The van der Waals surface area contributed by atoms with E-state index in [1.165, 1.54) is 114 Å². The van der Waals surface area contributed by atoms with Gasteiger partial charge in [-0.3, -0.25) is 0 Å². The minimum atomic E-state index is -2.21. The van der Waals surface area contributed by atoms with E-state index in [2.05, 4.69) is 110 Å². The van der Waals surface area contributed by atoms with E-state index >= 15 is 0 Å². The fraction of sp³-hybridized carbons (Fsp3) is 0.628. The first-order valence-corrected chi connectivity index (χ1v) is 24.8. The van der Waals surface area contributed by atoms with E-state index in [9.17, 15) is 0 Å². The Bertz CT molecular complexity index is 1230. The lowest BCUT2D eigenvalue weighted by Crippen LogP contribution is -2.62. The number of unbranched alkanes of at least 4 members (excludes halogenated alkanes) is 15. The highest BCUT2D eigenvalue weighted by atomic mass is 28.3. The van der Waals surface area contributed by atoms with Gasteiger partial charge in [0.25, 0.3) is 0 Å². The van der Waals surface area contributed by atoms with Crippen molar-refractivity contribution in [2.75, 3.05) is 0 Å². The molecule has 1 aliphatic rings. The van der Waals surface area contributed by atoms with Crippen LogP contribution in [-0.4, -0.2) is 16.1 Å². The van der Waals surface area contributed by atoms with Gasteiger partial charge in [-0.2, -0.15) is 0 Å². The summed E-state index contributed by atoms with van der Waals surface area (Å²) in [6.45, 7) is 22.0. The molecular formula is C43H70Si2. The molecule has 2 atom stereocenters. The molecule has 0 heterocycles. The lowest BCUT2D eigenvalue weighted by molar-refractivity contribution is 0.531. The molecule has 0 N–H and O–H groups in total.